The molecule has 0 spiro atoms. The number of nitrogens with zero attached hydrogens (tertiary/aromatic N) is 1. The van der Waals surface area contributed by atoms with Gasteiger partial charge in [0, 0.05) is 0 Å². The lowest BCUT2D eigenvalue weighted by molar-refractivity contribution is -0.140. The van der Waals surface area contributed by atoms with E-state index in [9.17, 15) is 17.6 Å². The molecule has 1 aromatic rings. The predicted molar refractivity (Wildman–Crippen MR) is 41.1 cm³/mol. The van der Waals surface area contributed by atoms with Gasteiger partial charge in [0.15, 0.2) is 5.82 Å². The van der Waals surface area contributed by atoms with Crippen molar-refractivity contribution in [1.29, 1.82) is 5.26 Å². The van der Waals surface area contributed by atoms with Crippen LogP contribution < -0.4 is 0 Å². The molecule has 0 bridgehead atoms. The van der Waals surface area contributed by atoms with Crippen molar-refractivity contribution in [1.82, 2.24) is 0 Å². The summed E-state index contributed by atoms with van der Waals surface area (Å²) < 4.78 is 49.3. The van der Waals surface area contributed by atoms with Crippen LogP contribution in [0.5, 0.6) is 0 Å². The summed E-state index contributed by atoms with van der Waals surface area (Å²) in [6.07, 6.45) is -4.82. The van der Waals surface area contributed by atoms with E-state index in [1.54, 1.807) is 0 Å². The lowest BCUT2D eigenvalue weighted by Crippen LogP contribution is -2.09. The number of hydrogen-bond acceptors (Lipinski definition) is 1. The zero-order chi connectivity index (χ0) is 10.9. The smallest absolute Gasteiger partial charge is 0.205 e. The number of benzene rings is 1. The Morgan fingerprint density at radius 3 is 2.29 bits per heavy atom. The lowest BCUT2D eigenvalue weighted by Gasteiger charge is -2.08. The van der Waals surface area contributed by atoms with Gasteiger partial charge in [-0.25, -0.2) is 4.39 Å². The molecule has 0 amide bonds. The van der Waals surface area contributed by atoms with E-state index in [4.69, 9.17) is 16.9 Å². The van der Waals surface area contributed by atoms with E-state index in [1.807, 2.05) is 0 Å². The molecule has 0 heterocycles. The summed E-state index contributed by atoms with van der Waals surface area (Å²) in [4.78, 5) is 0. The molecule has 0 aliphatic rings. The molecule has 74 valence electrons. The Bertz CT molecular complexity index is 405. The van der Waals surface area contributed by atoms with Crippen LogP contribution in [0.1, 0.15) is 11.1 Å². The molecule has 6 heteroatoms. The van der Waals surface area contributed by atoms with Crippen LogP contribution in [0.2, 0.25) is 5.02 Å². The van der Waals surface area contributed by atoms with Gasteiger partial charge in [0.25, 0.3) is 0 Å². The summed E-state index contributed by atoms with van der Waals surface area (Å²) in [5.74, 6) is -1.63. The Balaban J connectivity index is 3.46. The highest BCUT2D eigenvalue weighted by Gasteiger charge is 2.35. The van der Waals surface area contributed by atoms with Crippen LogP contribution in [-0.4, -0.2) is 0 Å². The maximum atomic E-state index is 13.0. The number of hydrogen-bond donors (Lipinski definition) is 0. The maximum absolute atomic E-state index is 13.0. The summed E-state index contributed by atoms with van der Waals surface area (Å²) >= 11 is 5.32. The van der Waals surface area contributed by atoms with Crippen molar-refractivity contribution in [3.8, 4) is 6.07 Å². The monoisotopic (exact) mass is 223 g/mol. The van der Waals surface area contributed by atoms with Crippen LogP contribution in [0, 0.1) is 17.1 Å². The van der Waals surface area contributed by atoms with E-state index >= 15 is 0 Å². The molecule has 0 saturated carbocycles. The fourth-order valence-electron chi connectivity index (χ4n) is 0.874. The van der Waals surface area contributed by atoms with Crippen LogP contribution in [0.3, 0.4) is 0 Å². The number of halogens is 5. The summed E-state index contributed by atoms with van der Waals surface area (Å²) in [6, 6.07) is 2.61. The molecule has 0 radical (unpaired) electrons. The third kappa shape index (κ3) is 1.80. The van der Waals surface area contributed by atoms with Crippen molar-refractivity contribution >= 4 is 11.6 Å². The number of nitriles is 1. The van der Waals surface area contributed by atoms with E-state index in [-0.39, 0.29) is 5.02 Å². The average molecular weight is 224 g/mol. The predicted octanol–water partition coefficient (Wildman–Crippen LogP) is 3.37. The molecule has 0 aromatic heterocycles. The fourth-order valence-corrected chi connectivity index (χ4v) is 1.06. The average Bonchev–Trinajstić information content (AvgIpc) is 2.02. The zero-order valence-electron chi connectivity index (χ0n) is 6.49. The summed E-state index contributed by atoms with van der Waals surface area (Å²) in [6.45, 7) is 0. The van der Waals surface area contributed by atoms with Crippen molar-refractivity contribution in [3.05, 3.63) is 34.1 Å². The van der Waals surface area contributed by atoms with Gasteiger partial charge in [0.1, 0.15) is 11.6 Å². The van der Waals surface area contributed by atoms with Crippen LogP contribution >= 0.6 is 11.6 Å². The van der Waals surface area contributed by atoms with Gasteiger partial charge in [0.05, 0.1) is 10.6 Å². The molecule has 0 aliphatic carbocycles. The zero-order valence-corrected chi connectivity index (χ0v) is 7.25. The van der Waals surface area contributed by atoms with Gasteiger partial charge < -0.3 is 0 Å². The highest BCUT2D eigenvalue weighted by molar-refractivity contribution is 6.31. The van der Waals surface area contributed by atoms with Gasteiger partial charge in [-0.2, -0.15) is 18.4 Å². The van der Waals surface area contributed by atoms with E-state index < -0.39 is 23.1 Å². The van der Waals surface area contributed by atoms with E-state index in [1.165, 1.54) is 6.07 Å². The minimum Gasteiger partial charge on any atom is -0.205 e. The number of rotatable bonds is 0. The minimum atomic E-state index is -4.82. The summed E-state index contributed by atoms with van der Waals surface area (Å²) in [5.41, 5.74) is -2.28. The van der Waals surface area contributed by atoms with Crippen molar-refractivity contribution in [2.45, 2.75) is 6.18 Å². The molecule has 0 atom stereocenters. The Morgan fingerprint density at radius 2 is 1.86 bits per heavy atom. The lowest BCUT2D eigenvalue weighted by atomic mass is 10.1. The summed E-state index contributed by atoms with van der Waals surface area (Å²) in [5, 5.41) is 8.01. The molecule has 1 rings (SSSR count). The molecule has 1 aromatic carbocycles. The quantitative estimate of drug-likeness (QED) is 0.619. The normalized spacial score (nSPS) is 11.1. The first-order valence-electron chi connectivity index (χ1n) is 3.33. The molecule has 0 unspecified atom stereocenters. The van der Waals surface area contributed by atoms with Gasteiger partial charge in [0.2, 0.25) is 0 Å². The first kappa shape index (κ1) is 10.8. The van der Waals surface area contributed by atoms with E-state index in [0.717, 1.165) is 6.07 Å². The van der Waals surface area contributed by atoms with Gasteiger partial charge in [-0.1, -0.05) is 11.6 Å². The molecular formula is C8H2ClF4N. The highest BCUT2D eigenvalue weighted by atomic mass is 35.5. The Hall–Kier alpha value is -1.28. The van der Waals surface area contributed by atoms with Gasteiger partial charge in [-0.05, 0) is 12.1 Å². The SMILES string of the molecule is N#Cc1c(Cl)ccc(C(F)(F)F)c1F. The van der Waals surface area contributed by atoms with Gasteiger partial charge in [-0.3, -0.25) is 0 Å². The Labute approximate surface area is 81.5 Å². The second-order valence-corrected chi connectivity index (χ2v) is 2.80. The topological polar surface area (TPSA) is 23.8 Å². The molecule has 0 N–H and O–H groups in total. The second kappa shape index (κ2) is 3.46. The maximum Gasteiger partial charge on any atom is 0.419 e. The standard InChI is InChI=1S/C8H2ClF4N/c9-6-2-1-5(8(11,12)13)7(10)4(6)3-14/h1-2H. The van der Waals surface area contributed by atoms with Gasteiger partial charge in [-0.15, -0.1) is 0 Å². The third-order valence-corrected chi connectivity index (χ3v) is 1.82. The molecular weight excluding hydrogens is 222 g/mol. The van der Waals surface area contributed by atoms with Crippen molar-refractivity contribution in [2.24, 2.45) is 0 Å². The number of alkyl halides is 3. The van der Waals surface area contributed by atoms with Crippen molar-refractivity contribution in [3.63, 3.8) is 0 Å². The molecule has 1 nitrogen and oxygen atoms in total. The van der Waals surface area contributed by atoms with Gasteiger partial charge >= 0.3 is 6.18 Å². The first-order valence-corrected chi connectivity index (χ1v) is 3.71. The van der Waals surface area contributed by atoms with Crippen molar-refractivity contribution in [2.75, 3.05) is 0 Å². The van der Waals surface area contributed by atoms with Crippen LogP contribution in [-0.2, 0) is 6.18 Å². The molecule has 0 aliphatic heterocycles. The van der Waals surface area contributed by atoms with Crippen LogP contribution in [0.25, 0.3) is 0 Å². The van der Waals surface area contributed by atoms with E-state index in [2.05, 4.69) is 0 Å². The van der Waals surface area contributed by atoms with E-state index in [0.29, 0.717) is 6.07 Å². The largest absolute Gasteiger partial charge is 0.419 e. The summed E-state index contributed by atoms with van der Waals surface area (Å²) in [7, 11) is 0. The second-order valence-electron chi connectivity index (χ2n) is 2.39. The fraction of sp³-hybridized carbons (Fsp3) is 0.125. The minimum absolute atomic E-state index is 0.335. The Kier molecular flexibility index (Phi) is 2.67. The van der Waals surface area contributed by atoms with Crippen LogP contribution in [0.15, 0.2) is 12.1 Å². The van der Waals surface area contributed by atoms with Crippen molar-refractivity contribution < 1.29 is 17.6 Å². The third-order valence-electron chi connectivity index (χ3n) is 1.51. The first-order chi connectivity index (χ1) is 6.38. The highest BCUT2D eigenvalue weighted by Crippen LogP contribution is 2.34. The van der Waals surface area contributed by atoms with Crippen LogP contribution in [0.4, 0.5) is 17.6 Å². The molecule has 0 saturated heterocycles. The Morgan fingerprint density at radius 1 is 1.29 bits per heavy atom. The molecule has 0 fully saturated rings. The molecule has 14 heavy (non-hydrogen) atoms.